The predicted octanol–water partition coefficient (Wildman–Crippen LogP) is 4.07. The van der Waals surface area contributed by atoms with E-state index in [1.54, 1.807) is 19.1 Å². The summed E-state index contributed by atoms with van der Waals surface area (Å²) in [5.74, 6) is -1.11. The molecule has 3 rings (SSSR count). The molecule has 29 heavy (non-hydrogen) atoms. The van der Waals surface area contributed by atoms with Crippen molar-refractivity contribution in [2.24, 2.45) is 0 Å². The largest absolute Gasteiger partial charge is 0.478 e. The molecule has 2 aromatic carbocycles. The molecule has 0 amide bonds. The molecule has 7 heteroatoms. The highest BCUT2D eigenvalue weighted by Crippen LogP contribution is 2.43. The molecule has 0 aromatic heterocycles. The highest BCUT2D eigenvalue weighted by molar-refractivity contribution is 7.90. The van der Waals surface area contributed by atoms with E-state index in [-0.39, 0.29) is 27.6 Å². The molecule has 0 bridgehead atoms. The number of carbonyl (C=O) groups excluding carboxylic acids is 2. The Labute approximate surface area is 169 Å². The van der Waals surface area contributed by atoms with E-state index in [1.165, 1.54) is 31.2 Å². The monoisotopic (exact) mass is 416 g/mol. The van der Waals surface area contributed by atoms with Gasteiger partial charge in [-0.15, -0.1) is 0 Å². The summed E-state index contributed by atoms with van der Waals surface area (Å²) < 4.78 is 43.5. The van der Waals surface area contributed by atoms with Crippen molar-refractivity contribution < 1.29 is 27.1 Å². The second-order valence-corrected chi connectivity index (χ2v) is 9.28. The fraction of sp³-hybridized carbons (Fsp3) is 0.273. The van der Waals surface area contributed by atoms with Crippen LogP contribution in [0.3, 0.4) is 0 Å². The zero-order valence-corrected chi connectivity index (χ0v) is 17.4. The molecule has 1 aliphatic rings. The van der Waals surface area contributed by atoms with Gasteiger partial charge in [0.15, 0.2) is 21.2 Å². The van der Waals surface area contributed by atoms with E-state index in [0.29, 0.717) is 17.5 Å². The van der Waals surface area contributed by atoms with Gasteiger partial charge in [0.1, 0.15) is 11.6 Å². The first-order valence-corrected chi connectivity index (χ1v) is 11.0. The maximum atomic E-state index is 14.0. The molecule has 1 heterocycles. The summed E-state index contributed by atoms with van der Waals surface area (Å²) >= 11 is 0. The lowest BCUT2D eigenvalue weighted by atomic mass is 9.89. The van der Waals surface area contributed by atoms with E-state index in [4.69, 9.17) is 4.74 Å². The van der Waals surface area contributed by atoms with Gasteiger partial charge in [0.2, 0.25) is 5.78 Å². The van der Waals surface area contributed by atoms with Crippen LogP contribution in [0.4, 0.5) is 4.39 Å². The summed E-state index contributed by atoms with van der Waals surface area (Å²) in [5, 5.41) is 0. The van der Waals surface area contributed by atoms with Crippen LogP contribution in [0.1, 0.15) is 48.7 Å². The van der Waals surface area contributed by atoms with Gasteiger partial charge in [-0.2, -0.15) is 0 Å². The van der Waals surface area contributed by atoms with Gasteiger partial charge in [0.25, 0.3) is 0 Å². The number of sulfone groups is 1. The second kappa shape index (κ2) is 7.22. The van der Waals surface area contributed by atoms with Gasteiger partial charge in [0, 0.05) is 11.8 Å². The molecule has 152 valence electrons. The number of hydrogen-bond donors (Lipinski definition) is 0. The molecule has 1 atom stereocenters. The van der Waals surface area contributed by atoms with Crippen LogP contribution in [0.15, 0.2) is 47.4 Å². The number of hydrogen-bond acceptors (Lipinski definition) is 5. The average Bonchev–Trinajstić information content (AvgIpc) is 2.93. The van der Waals surface area contributed by atoms with Crippen LogP contribution in [0.5, 0.6) is 0 Å². The number of ether oxygens (including phenoxy) is 1. The maximum absolute atomic E-state index is 14.0. The quantitative estimate of drug-likeness (QED) is 0.687. The first kappa shape index (κ1) is 20.9. The summed E-state index contributed by atoms with van der Waals surface area (Å²) in [5.41, 5.74) is -0.0819. The minimum Gasteiger partial charge on any atom is -0.478 e. The fourth-order valence-corrected chi connectivity index (χ4v) is 3.82. The number of halogens is 1. The van der Waals surface area contributed by atoms with Crippen molar-refractivity contribution >= 4 is 32.7 Å². The lowest BCUT2D eigenvalue weighted by molar-refractivity contribution is -0.126. The topological polar surface area (TPSA) is 77.5 Å². The standard InChI is InChI=1S/C22H21FO5S/c1-5-22(3)21(25)19(15-8-11-18(23)17(12-15)13(2)24)20(28-22)14-6-9-16(10-7-14)29(4,26)27/h6-12H,5H2,1-4H3. The lowest BCUT2D eigenvalue weighted by Gasteiger charge is -2.21. The average molecular weight is 416 g/mol. The smallest absolute Gasteiger partial charge is 0.210 e. The maximum Gasteiger partial charge on any atom is 0.210 e. The number of Topliss-reactive ketones (excluding diaryl/α,β-unsaturated/α-hetero) is 2. The number of ketones is 2. The van der Waals surface area contributed by atoms with Crippen molar-refractivity contribution in [2.45, 2.75) is 37.7 Å². The minimum absolute atomic E-state index is 0.111. The van der Waals surface area contributed by atoms with Crippen LogP contribution in [0.25, 0.3) is 11.3 Å². The van der Waals surface area contributed by atoms with E-state index in [0.717, 1.165) is 12.3 Å². The summed E-state index contributed by atoms with van der Waals surface area (Å²) in [6.45, 7) is 4.74. The summed E-state index contributed by atoms with van der Waals surface area (Å²) in [6.07, 6.45) is 1.51. The zero-order valence-electron chi connectivity index (χ0n) is 16.6. The number of rotatable bonds is 5. The minimum atomic E-state index is -3.37. The Kier molecular flexibility index (Phi) is 5.21. The molecular formula is C22H21FO5S. The summed E-state index contributed by atoms with van der Waals surface area (Å²) in [6, 6.07) is 9.95. The van der Waals surface area contributed by atoms with Gasteiger partial charge in [-0.25, -0.2) is 12.8 Å². The fourth-order valence-electron chi connectivity index (χ4n) is 3.19. The third kappa shape index (κ3) is 3.74. The third-order valence-electron chi connectivity index (χ3n) is 5.12. The Morgan fingerprint density at radius 2 is 1.69 bits per heavy atom. The number of carbonyl (C=O) groups is 2. The van der Waals surface area contributed by atoms with Crippen molar-refractivity contribution in [2.75, 3.05) is 6.26 Å². The Morgan fingerprint density at radius 3 is 2.21 bits per heavy atom. The molecule has 1 aliphatic heterocycles. The Balaban J connectivity index is 2.22. The molecule has 1 unspecified atom stereocenters. The van der Waals surface area contributed by atoms with Crippen molar-refractivity contribution in [1.29, 1.82) is 0 Å². The molecule has 0 saturated carbocycles. The first-order chi connectivity index (χ1) is 13.5. The van der Waals surface area contributed by atoms with Crippen molar-refractivity contribution in [3.63, 3.8) is 0 Å². The van der Waals surface area contributed by atoms with Gasteiger partial charge in [-0.05, 0) is 62.2 Å². The molecule has 0 saturated heterocycles. The van der Waals surface area contributed by atoms with Gasteiger partial charge in [-0.1, -0.05) is 13.0 Å². The van der Waals surface area contributed by atoms with Crippen LogP contribution in [0, 0.1) is 5.82 Å². The summed E-state index contributed by atoms with van der Waals surface area (Å²) in [4.78, 5) is 25.1. The molecule has 2 aromatic rings. The predicted molar refractivity (Wildman–Crippen MR) is 108 cm³/mol. The van der Waals surface area contributed by atoms with Crippen molar-refractivity contribution in [1.82, 2.24) is 0 Å². The normalized spacial score (nSPS) is 19.4. The third-order valence-corrected chi connectivity index (χ3v) is 6.24. The lowest BCUT2D eigenvalue weighted by Crippen LogP contribution is -2.32. The zero-order chi connectivity index (χ0) is 21.6. The van der Waals surface area contributed by atoms with Crippen molar-refractivity contribution in [3.05, 3.63) is 65.0 Å². The SMILES string of the molecule is CCC1(C)OC(c2ccc(S(C)(=O)=O)cc2)=C(c2ccc(F)c(C(C)=O)c2)C1=O. The van der Waals surface area contributed by atoms with E-state index in [2.05, 4.69) is 0 Å². The molecule has 0 aliphatic carbocycles. The molecule has 5 nitrogen and oxygen atoms in total. The number of benzene rings is 2. The van der Waals surface area contributed by atoms with E-state index < -0.39 is 27.0 Å². The van der Waals surface area contributed by atoms with Crippen LogP contribution in [0.2, 0.25) is 0 Å². The van der Waals surface area contributed by atoms with Gasteiger partial charge in [0.05, 0.1) is 16.0 Å². The Bertz CT molecular complexity index is 1150. The van der Waals surface area contributed by atoms with Gasteiger partial charge in [-0.3, -0.25) is 9.59 Å². The second-order valence-electron chi connectivity index (χ2n) is 7.27. The van der Waals surface area contributed by atoms with Gasteiger partial charge < -0.3 is 4.74 Å². The molecule has 0 spiro atoms. The van der Waals surface area contributed by atoms with E-state index >= 15 is 0 Å². The van der Waals surface area contributed by atoms with Crippen LogP contribution >= 0.6 is 0 Å². The summed E-state index contributed by atoms with van der Waals surface area (Å²) in [7, 11) is -3.37. The highest BCUT2D eigenvalue weighted by Gasteiger charge is 2.45. The Morgan fingerprint density at radius 1 is 1.10 bits per heavy atom. The van der Waals surface area contributed by atoms with Crippen LogP contribution in [-0.2, 0) is 19.4 Å². The van der Waals surface area contributed by atoms with E-state index in [1.807, 2.05) is 6.92 Å². The van der Waals surface area contributed by atoms with Crippen LogP contribution in [-0.4, -0.2) is 31.8 Å². The molecule has 0 radical (unpaired) electrons. The molecule has 0 N–H and O–H groups in total. The van der Waals surface area contributed by atoms with Crippen molar-refractivity contribution in [3.8, 4) is 0 Å². The van der Waals surface area contributed by atoms with Crippen LogP contribution < -0.4 is 0 Å². The van der Waals surface area contributed by atoms with E-state index in [9.17, 15) is 22.4 Å². The molecular weight excluding hydrogens is 395 g/mol. The molecule has 0 fully saturated rings. The highest BCUT2D eigenvalue weighted by atomic mass is 32.2. The Hall–Kier alpha value is -2.80. The first-order valence-electron chi connectivity index (χ1n) is 9.07. The van der Waals surface area contributed by atoms with Gasteiger partial charge >= 0.3 is 0 Å².